The smallest absolute Gasteiger partial charge is 0.258 e. The lowest BCUT2D eigenvalue weighted by Gasteiger charge is -2.07. The number of nitrogens with one attached hydrogen (secondary N) is 1. The Labute approximate surface area is 122 Å². The van der Waals surface area contributed by atoms with Gasteiger partial charge >= 0.3 is 0 Å². The summed E-state index contributed by atoms with van der Waals surface area (Å²) >= 11 is 0. The molecule has 21 heavy (non-hydrogen) atoms. The molecule has 0 fully saturated rings. The Bertz CT molecular complexity index is 712. The van der Waals surface area contributed by atoms with Gasteiger partial charge in [0.2, 0.25) is 0 Å². The van der Waals surface area contributed by atoms with Gasteiger partial charge in [-0.15, -0.1) is 0 Å². The lowest BCUT2D eigenvalue weighted by Crippen LogP contribution is -2.14. The maximum atomic E-state index is 13.9. The highest BCUT2D eigenvalue weighted by atomic mass is 19.1. The fraction of sp³-hybridized carbons (Fsp3) is 0.118. The molecule has 0 aromatic heterocycles. The summed E-state index contributed by atoms with van der Waals surface area (Å²) in [5.74, 6) is 4.27. The molecule has 0 aliphatic heterocycles. The predicted octanol–water partition coefficient (Wildman–Crippen LogP) is 2.73. The van der Waals surface area contributed by atoms with Crippen molar-refractivity contribution in [1.82, 2.24) is 0 Å². The lowest BCUT2D eigenvalue weighted by atomic mass is 10.1. The first-order chi connectivity index (χ1) is 10.1. The number of carbonyl (C=O) groups is 1. The first-order valence-electron chi connectivity index (χ1n) is 6.38. The molecule has 0 saturated carbocycles. The summed E-state index contributed by atoms with van der Waals surface area (Å²) in [7, 11) is 0. The van der Waals surface area contributed by atoms with E-state index in [1.54, 1.807) is 43.3 Å². The molecule has 2 aromatic rings. The second-order valence-corrected chi connectivity index (χ2v) is 4.43. The van der Waals surface area contributed by atoms with Crippen LogP contribution in [0.25, 0.3) is 0 Å². The van der Waals surface area contributed by atoms with Crippen molar-refractivity contribution in [3.05, 3.63) is 65.0 Å². The highest BCUT2D eigenvalue weighted by molar-refractivity contribution is 6.04. The lowest BCUT2D eigenvalue weighted by molar-refractivity contribution is 0.102. The number of halogens is 1. The zero-order valence-corrected chi connectivity index (χ0v) is 11.5. The van der Waals surface area contributed by atoms with E-state index in [1.165, 1.54) is 6.07 Å². The average molecular weight is 283 g/mol. The molecule has 0 radical (unpaired) electrons. The number of aliphatic hydroxyl groups excluding tert-OH is 1. The highest BCUT2D eigenvalue weighted by Crippen LogP contribution is 2.15. The van der Waals surface area contributed by atoms with E-state index in [9.17, 15) is 9.18 Å². The van der Waals surface area contributed by atoms with Gasteiger partial charge in [0, 0.05) is 11.3 Å². The zero-order valence-electron chi connectivity index (χ0n) is 11.5. The molecule has 106 valence electrons. The van der Waals surface area contributed by atoms with Crippen molar-refractivity contribution in [2.45, 2.75) is 6.92 Å². The summed E-state index contributed by atoms with van der Waals surface area (Å²) in [6, 6.07) is 11.5. The van der Waals surface area contributed by atoms with Crippen LogP contribution in [0.15, 0.2) is 42.5 Å². The van der Waals surface area contributed by atoms with E-state index in [-0.39, 0.29) is 12.2 Å². The maximum Gasteiger partial charge on any atom is 0.258 e. The minimum Gasteiger partial charge on any atom is -0.384 e. The number of amides is 1. The number of aryl methyl sites for hydroxylation is 1. The molecule has 0 heterocycles. The summed E-state index contributed by atoms with van der Waals surface area (Å²) in [6.07, 6.45) is 0. The molecular weight excluding hydrogens is 269 g/mol. The highest BCUT2D eigenvalue weighted by Gasteiger charge is 2.13. The van der Waals surface area contributed by atoms with Crippen LogP contribution in [0.1, 0.15) is 21.5 Å². The van der Waals surface area contributed by atoms with Crippen molar-refractivity contribution < 1.29 is 14.3 Å². The Morgan fingerprint density at radius 3 is 2.62 bits per heavy atom. The van der Waals surface area contributed by atoms with Gasteiger partial charge in [0.1, 0.15) is 12.4 Å². The second-order valence-electron chi connectivity index (χ2n) is 4.43. The number of rotatable bonds is 2. The van der Waals surface area contributed by atoms with Gasteiger partial charge in [-0.2, -0.15) is 0 Å². The summed E-state index contributed by atoms with van der Waals surface area (Å²) < 4.78 is 13.9. The fourth-order valence-corrected chi connectivity index (χ4v) is 1.80. The van der Waals surface area contributed by atoms with E-state index >= 15 is 0 Å². The molecule has 0 saturated heterocycles. The molecule has 2 aromatic carbocycles. The Balaban J connectivity index is 2.14. The Morgan fingerprint density at radius 2 is 1.95 bits per heavy atom. The molecule has 0 aliphatic rings. The molecule has 3 nitrogen and oxygen atoms in total. The average Bonchev–Trinajstić information content (AvgIpc) is 2.49. The van der Waals surface area contributed by atoms with E-state index in [2.05, 4.69) is 17.2 Å². The third-order valence-corrected chi connectivity index (χ3v) is 2.89. The van der Waals surface area contributed by atoms with Crippen molar-refractivity contribution in [3.8, 4) is 11.8 Å². The van der Waals surface area contributed by atoms with Gasteiger partial charge in [-0.1, -0.05) is 24.0 Å². The minimum absolute atomic E-state index is 0.0131. The standard InChI is InChI=1S/C17H14FNO2/c1-12-4-2-6-15(16(12)18)17(21)19-14-9-7-13(8-10-14)5-3-11-20/h2,4,6-10,20H,11H2,1H3,(H,19,21). The van der Waals surface area contributed by atoms with Crippen LogP contribution in [0.4, 0.5) is 10.1 Å². The van der Waals surface area contributed by atoms with Crippen molar-refractivity contribution >= 4 is 11.6 Å². The summed E-state index contributed by atoms with van der Waals surface area (Å²) in [5, 5.41) is 11.2. The molecular formula is C17H14FNO2. The Morgan fingerprint density at radius 1 is 1.24 bits per heavy atom. The molecule has 0 atom stereocenters. The Kier molecular flexibility index (Phi) is 4.70. The van der Waals surface area contributed by atoms with Gasteiger partial charge in [0.15, 0.2) is 0 Å². The van der Waals surface area contributed by atoms with Gasteiger partial charge in [0.25, 0.3) is 5.91 Å². The normalized spacial score (nSPS) is 9.67. The topological polar surface area (TPSA) is 49.3 Å². The van der Waals surface area contributed by atoms with Gasteiger partial charge < -0.3 is 10.4 Å². The van der Waals surface area contributed by atoms with Crippen LogP contribution >= 0.6 is 0 Å². The van der Waals surface area contributed by atoms with Crippen LogP contribution in [-0.4, -0.2) is 17.6 Å². The molecule has 0 spiro atoms. The minimum atomic E-state index is -0.513. The van der Waals surface area contributed by atoms with Crippen molar-refractivity contribution in [3.63, 3.8) is 0 Å². The van der Waals surface area contributed by atoms with Crippen LogP contribution in [-0.2, 0) is 0 Å². The third kappa shape index (κ3) is 3.68. The largest absolute Gasteiger partial charge is 0.384 e. The summed E-state index contributed by atoms with van der Waals surface area (Å²) in [5.41, 5.74) is 1.72. The molecule has 0 unspecified atom stereocenters. The van der Waals surface area contributed by atoms with Crippen molar-refractivity contribution in [2.75, 3.05) is 11.9 Å². The number of benzene rings is 2. The first-order valence-corrected chi connectivity index (χ1v) is 6.38. The van der Waals surface area contributed by atoms with Gasteiger partial charge in [0.05, 0.1) is 5.56 Å². The van der Waals surface area contributed by atoms with Crippen LogP contribution in [0.2, 0.25) is 0 Å². The van der Waals surface area contributed by atoms with E-state index in [0.717, 1.165) is 5.56 Å². The second kappa shape index (κ2) is 6.69. The van der Waals surface area contributed by atoms with Crippen LogP contribution < -0.4 is 5.32 Å². The molecule has 2 rings (SSSR count). The van der Waals surface area contributed by atoms with Gasteiger partial charge in [-0.25, -0.2) is 4.39 Å². The zero-order chi connectivity index (χ0) is 15.2. The SMILES string of the molecule is Cc1cccc(C(=O)Nc2ccc(C#CCO)cc2)c1F. The number of aliphatic hydroxyl groups is 1. The Hall–Kier alpha value is -2.64. The van der Waals surface area contributed by atoms with Gasteiger partial charge in [-0.05, 0) is 42.8 Å². The number of hydrogen-bond acceptors (Lipinski definition) is 2. The summed E-state index contributed by atoms with van der Waals surface area (Å²) in [6.45, 7) is 1.41. The van der Waals surface area contributed by atoms with Crippen LogP contribution in [0, 0.1) is 24.6 Å². The van der Waals surface area contributed by atoms with Gasteiger partial charge in [-0.3, -0.25) is 4.79 Å². The van der Waals surface area contributed by atoms with E-state index in [0.29, 0.717) is 11.3 Å². The van der Waals surface area contributed by atoms with E-state index in [1.807, 2.05) is 0 Å². The van der Waals surface area contributed by atoms with Crippen molar-refractivity contribution in [2.24, 2.45) is 0 Å². The molecule has 0 aliphatic carbocycles. The number of hydrogen-bond donors (Lipinski definition) is 2. The van der Waals surface area contributed by atoms with E-state index in [4.69, 9.17) is 5.11 Å². The van der Waals surface area contributed by atoms with Crippen molar-refractivity contribution in [1.29, 1.82) is 0 Å². The molecule has 2 N–H and O–H groups in total. The summed E-state index contributed by atoms with van der Waals surface area (Å²) in [4.78, 5) is 12.0. The third-order valence-electron chi connectivity index (χ3n) is 2.89. The predicted molar refractivity (Wildman–Crippen MR) is 79.5 cm³/mol. The monoisotopic (exact) mass is 283 g/mol. The quantitative estimate of drug-likeness (QED) is 0.833. The molecule has 0 bridgehead atoms. The maximum absolute atomic E-state index is 13.9. The molecule has 1 amide bonds. The number of anilines is 1. The molecule has 4 heteroatoms. The fourth-order valence-electron chi connectivity index (χ4n) is 1.80. The first kappa shape index (κ1) is 14.8. The number of carbonyl (C=O) groups excluding carboxylic acids is 1. The van der Waals surface area contributed by atoms with E-state index < -0.39 is 11.7 Å². The van der Waals surface area contributed by atoms with Crippen LogP contribution in [0.3, 0.4) is 0 Å². The van der Waals surface area contributed by atoms with Crippen LogP contribution in [0.5, 0.6) is 0 Å².